The van der Waals surface area contributed by atoms with E-state index < -0.39 is 0 Å². The summed E-state index contributed by atoms with van der Waals surface area (Å²) in [7, 11) is 0. The monoisotopic (exact) mass is 163 g/mol. The molecule has 2 aliphatic heterocycles. The number of fused-ring (bicyclic) bond motifs is 1. The zero-order valence-corrected chi connectivity index (χ0v) is 6.98. The minimum absolute atomic E-state index is 0.400. The molecule has 64 valence electrons. The number of hydrogen-bond donors (Lipinski definition) is 1. The summed E-state index contributed by atoms with van der Waals surface area (Å²) >= 11 is 0. The highest BCUT2D eigenvalue weighted by Gasteiger charge is 2.21. The van der Waals surface area contributed by atoms with E-state index in [4.69, 9.17) is 5.73 Å². The molecule has 0 saturated heterocycles. The van der Waals surface area contributed by atoms with Crippen LogP contribution in [0.4, 0.5) is 0 Å². The maximum atomic E-state index is 5.47. The first-order valence-electron chi connectivity index (χ1n) is 4.29. The van der Waals surface area contributed by atoms with Crippen LogP contribution in [-0.4, -0.2) is 29.9 Å². The zero-order chi connectivity index (χ0) is 8.39. The van der Waals surface area contributed by atoms with Crippen LogP contribution in [-0.2, 0) is 0 Å². The van der Waals surface area contributed by atoms with E-state index in [1.54, 1.807) is 0 Å². The van der Waals surface area contributed by atoms with Crippen LogP contribution in [0.3, 0.4) is 0 Å². The molecule has 12 heavy (non-hydrogen) atoms. The van der Waals surface area contributed by atoms with Crippen molar-refractivity contribution in [3.05, 3.63) is 24.4 Å². The molecule has 2 aliphatic rings. The van der Waals surface area contributed by atoms with Crippen LogP contribution in [0.15, 0.2) is 29.4 Å². The second-order valence-electron chi connectivity index (χ2n) is 3.07. The molecule has 2 rings (SSSR count). The fourth-order valence-electron chi connectivity index (χ4n) is 1.54. The smallest absolute Gasteiger partial charge is 0.127 e. The van der Waals surface area contributed by atoms with Crippen molar-refractivity contribution in [3.8, 4) is 0 Å². The van der Waals surface area contributed by atoms with Crippen molar-refractivity contribution in [1.82, 2.24) is 4.90 Å². The summed E-state index contributed by atoms with van der Waals surface area (Å²) in [6, 6.07) is 0.400. The summed E-state index contributed by atoms with van der Waals surface area (Å²) in [5.41, 5.74) is 5.47. The fraction of sp³-hybridized carbons (Fsp3) is 0.444. The van der Waals surface area contributed by atoms with Crippen LogP contribution in [0.1, 0.15) is 6.42 Å². The van der Waals surface area contributed by atoms with Crippen LogP contribution >= 0.6 is 0 Å². The Kier molecular flexibility index (Phi) is 1.96. The molecule has 0 aromatic carbocycles. The van der Waals surface area contributed by atoms with Gasteiger partial charge in [0.05, 0.1) is 6.04 Å². The Balaban J connectivity index is 2.07. The summed E-state index contributed by atoms with van der Waals surface area (Å²) in [4.78, 5) is 6.69. The Bertz CT molecular complexity index is 252. The standard InChI is InChI=1S/C9H13N3/c10-5-4-8-7-12-6-2-1-3-9(12)11-8/h1-3,6,8H,4-5,7,10H2. The molecule has 0 amide bonds. The van der Waals surface area contributed by atoms with Gasteiger partial charge in [0.15, 0.2) is 0 Å². The molecule has 3 nitrogen and oxygen atoms in total. The summed E-state index contributed by atoms with van der Waals surface area (Å²) < 4.78 is 0. The van der Waals surface area contributed by atoms with Gasteiger partial charge < -0.3 is 10.6 Å². The Morgan fingerprint density at radius 1 is 1.58 bits per heavy atom. The highest BCUT2D eigenvalue weighted by Crippen LogP contribution is 2.15. The van der Waals surface area contributed by atoms with Gasteiger partial charge in [-0.05, 0) is 25.1 Å². The van der Waals surface area contributed by atoms with E-state index in [1.807, 2.05) is 18.2 Å². The maximum absolute atomic E-state index is 5.47. The van der Waals surface area contributed by atoms with Gasteiger partial charge in [-0.3, -0.25) is 4.99 Å². The third-order valence-corrected chi connectivity index (χ3v) is 2.14. The van der Waals surface area contributed by atoms with Crippen molar-refractivity contribution in [3.63, 3.8) is 0 Å². The predicted molar refractivity (Wildman–Crippen MR) is 49.9 cm³/mol. The largest absolute Gasteiger partial charge is 0.331 e. The molecule has 1 atom stereocenters. The van der Waals surface area contributed by atoms with E-state index in [1.165, 1.54) is 0 Å². The highest BCUT2D eigenvalue weighted by atomic mass is 15.2. The lowest BCUT2D eigenvalue weighted by Gasteiger charge is -2.15. The molecular weight excluding hydrogens is 150 g/mol. The molecule has 1 unspecified atom stereocenters. The lowest BCUT2D eigenvalue weighted by molar-refractivity contribution is 0.519. The fourth-order valence-corrected chi connectivity index (χ4v) is 1.54. The molecule has 0 aromatic heterocycles. The van der Waals surface area contributed by atoms with Crippen molar-refractivity contribution in [2.45, 2.75) is 12.5 Å². The number of nitrogens with zero attached hydrogens (tertiary/aromatic N) is 2. The first-order valence-corrected chi connectivity index (χ1v) is 4.29. The summed E-state index contributed by atoms with van der Waals surface area (Å²) in [5.74, 6) is 1.08. The number of hydrogen-bond acceptors (Lipinski definition) is 3. The molecule has 0 aromatic rings. The molecular formula is C9H13N3. The molecule has 2 N–H and O–H groups in total. The molecule has 0 bridgehead atoms. The van der Waals surface area contributed by atoms with E-state index in [-0.39, 0.29) is 0 Å². The molecule has 3 heteroatoms. The molecule has 0 fully saturated rings. The van der Waals surface area contributed by atoms with Crippen molar-refractivity contribution < 1.29 is 0 Å². The normalized spacial score (nSPS) is 25.9. The molecule has 0 spiro atoms. The summed E-state index contributed by atoms with van der Waals surface area (Å²) in [6.07, 6.45) is 9.14. The Labute approximate surface area is 72.3 Å². The lowest BCUT2D eigenvalue weighted by Crippen LogP contribution is -2.24. The minimum atomic E-state index is 0.400. The van der Waals surface area contributed by atoms with Crippen molar-refractivity contribution in [2.75, 3.05) is 13.1 Å². The van der Waals surface area contributed by atoms with Gasteiger partial charge in [0.25, 0.3) is 0 Å². The van der Waals surface area contributed by atoms with Crippen molar-refractivity contribution in [1.29, 1.82) is 0 Å². The second-order valence-corrected chi connectivity index (χ2v) is 3.07. The SMILES string of the molecule is NCCC1CN2C=CC=CC2=N1. The van der Waals surface area contributed by atoms with Crippen LogP contribution < -0.4 is 5.73 Å². The lowest BCUT2D eigenvalue weighted by atomic mass is 10.2. The number of aliphatic imine (C=N–C) groups is 1. The molecule has 0 saturated carbocycles. The Hall–Kier alpha value is -1.09. The minimum Gasteiger partial charge on any atom is -0.331 e. The van der Waals surface area contributed by atoms with Gasteiger partial charge in [-0.15, -0.1) is 0 Å². The molecule has 0 radical (unpaired) electrons. The first kappa shape index (κ1) is 7.55. The predicted octanol–water partition coefficient (Wildman–Crippen LogP) is 0.501. The average molecular weight is 163 g/mol. The number of allylic oxidation sites excluding steroid dienone is 2. The summed E-state index contributed by atoms with van der Waals surface area (Å²) in [6.45, 7) is 1.72. The van der Waals surface area contributed by atoms with E-state index >= 15 is 0 Å². The van der Waals surface area contributed by atoms with Gasteiger partial charge in [0.1, 0.15) is 5.84 Å². The van der Waals surface area contributed by atoms with Gasteiger partial charge in [0, 0.05) is 12.7 Å². The number of amidine groups is 1. The van der Waals surface area contributed by atoms with Crippen molar-refractivity contribution >= 4 is 5.84 Å². The van der Waals surface area contributed by atoms with E-state index in [0.29, 0.717) is 6.04 Å². The van der Waals surface area contributed by atoms with Crippen LogP contribution in [0.2, 0.25) is 0 Å². The maximum Gasteiger partial charge on any atom is 0.127 e. The Morgan fingerprint density at radius 3 is 3.25 bits per heavy atom. The van der Waals surface area contributed by atoms with Crippen molar-refractivity contribution in [2.24, 2.45) is 10.7 Å². The Morgan fingerprint density at radius 2 is 2.50 bits per heavy atom. The topological polar surface area (TPSA) is 41.6 Å². The van der Waals surface area contributed by atoms with E-state index in [9.17, 15) is 0 Å². The van der Waals surface area contributed by atoms with E-state index in [0.717, 1.165) is 25.3 Å². The third-order valence-electron chi connectivity index (χ3n) is 2.14. The highest BCUT2D eigenvalue weighted by molar-refractivity contribution is 5.96. The molecule has 2 heterocycles. The van der Waals surface area contributed by atoms with Crippen LogP contribution in [0, 0.1) is 0 Å². The van der Waals surface area contributed by atoms with Crippen LogP contribution in [0.5, 0.6) is 0 Å². The van der Waals surface area contributed by atoms with Gasteiger partial charge >= 0.3 is 0 Å². The third kappa shape index (κ3) is 1.28. The summed E-state index contributed by atoms with van der Waals surface area (Å²) in [5, 5.41) is 0. The van der Waals surface area contributed by atoms with E-state index in [2.05, 4.69) is 16.1 Å². The number of rotatable bonds is 2. The van der Waals surface area contributed by atoms with Gasteiger partial charge in [-0.2, -0.15) is 0 Å². The van der Waals surface area contributed by atoms with Gasteiger partial charge in [-0.1, -0.05) is 6.08 Å². The first-order chi connectivity index (χ1) is 5.90. The number of nitrogens with two attached hydrogens (primary N) is 1. The molecule has 0 aliphatic carbocycles. The van der Waals surface area contributed by atoms with Gasteiger partial charge in [0.2, 0.25) is 0 Å². The van der Waals surface area contributed by atoms with Crippen LogP contribution in [0.25, 0.3) is 0 Å². The quantitative estimate of drug-likeness (QED) is 0.644. The average Bonchev–Trinajstić information content (AvgIpc) is 2.47. The zero-order valence-electron chi connectivity index (χ0n) is 6.98. The van der Waals surface area contributed by atoms with Gasteiger partial charge in [-0.25, -0.2) is 0 Å². The second kappa shape index (κ2) is 3.11.